The predicted molar refractivity (Wildman–Crippen MR) is 80.1 cm³/mol. The molecular weight excluding hydrogens is 290 g/mol. The molecule has 110 valence electrons. The van der Waals surface area contributed by atoms with Crippen molar-refractivity contribution in [3.8, 4) is 5.75 Å². The van der Waals surface area contributed by atoms with Gasteiger partial charge >= 0.3 is 5.63 Å². The zero-order valence-corrected chi connectivity index (χ0v) is 12.6. The number of quaternary nitrogens is 1. The van der Waals surface area contributed by atoms with Gasteiger partial charge in [0.1, 0.15) is 6.54 Å². The van der Waals surface area contributed by atoms with Crippen LogP contribution in [-0.2, 0) is 13.0 Å². The predicted octanol–water partition coefficient (Wildman–Crippen LogP) is 1.91. The van der Waals surface area contributed by atoms with Gasteiger partial charge in [-0.15, -0.1) is 0 Å². The molecule has 5 heteroatoms. The first-order valence-corrected chi connectivity index (χ1v) is 7.80. The van der Waals surface area contributed by atoms with E-state index >= 15 is 0 Å². The Balaban J connectivity index is 1.96. The molecule has 0 spiro atoms. The van der Waals surface area contributed by atoms with E-state index in [4.69, 9.17) is 20.8 Å². The van der Waals surface area contributed by atoms with E-state index in [-0.39, 0.29) is 5.63 Å². The van der Waals surface area contributed by atoms with E-state index in [1.807, 2.05) is 13.0 Å². The zero-order chi connectivity index (χ0) is 14.6. The van der Waals surface area contributed by atoms with Crippen LogP contribution in [0.4, 0.5) is 0 Å². The maximum Gasteiger partial charge on any atom is 0.336 e. The number of benzene rings is 1. The fourth-order valence-corrected chi connectivity index (χ4v) is 3.46. The molecule has 0 radical (unpaired) electrons. The average Bonchev–Trinajstić information content (AvgIpc) is 3.32. The van der Waals surface area contributed by atoms with Crippen LogP contribution in [-0.4, -0.2) is 12.8 Å². The summed E-state index contributed by atoms with van der Waals surface area (Å²) >= 11 is 6.38. The van der Waals surface area contributed by atoms with Crippen LogP contribution >= 0.6 is 11.6 Å². The number of rotatable bonds is 2. The fraction of sp³-hybridized carbons (Fsp3) is 0.438. The molecule has 0 saturated heterocycles. The van der Waals surface area contributed by atoms with E-state index in [0.717, 1.165) is 29.5 Å². The fourth-order valence-electron chi connectivity index (χ4n) is 3.18. The third kappa shape index (κ3) is 2.14. The highest BCUT2D eigenvalue weighted by atomic mass is 35.5. The molecule has 1 saturated carbocycles. The lowest BCUT2D eigenvalue weighted by Crippen LogP contribution is -3.13. The van der Waals surface area contributed by atoms with Crippen molar-refractivity contribution in [2.75, 3.05) is 6.73 Å². The lowest BCUT2D eigenvalue weighted by molar-refractivity contribution is -0.943. The maximum absolute atomic E-state index is 11.8. The van der Waals surface area contributed by atoms with Crippen LogP contribution < -0.4 is 15.3 Å². The molecular formula is C16H17ClNO3+. The van der Waals surface area contributed by atoms with E-state index in [0.29, 0.717) is 29.1 Å². The largest absolute Gasteiger partial charge is 0.443 e. The smallest absolute Gasteiger partial charge is 0.336 e. The molecule has 1 aliphatic carbocycles. The van der Waals surface area contributed by atoms with Gasteiger partial charge in [0, 0.05) is 24.3 Å². The van der Waals surface area contributed by atoms with Gasteiger partial charge in [-0.3, -0.25) is 4.90 Å². The van der Waals surface area contributed by atoms with Gasteiger partial charge in [0.05, 0.1) is 16.6 Å². The summed E-state index contributed by atoms with van der Waals surface area (Å²) in [4.78, 5) is 13.2. The highest BCUT2D eigenvalue weighted by Crippen LogP contribution is 2.37. The molecule has 1 N–H and O–H groups in total. The maximum atomic E-state index is 11.8. The van der Waals surface area contributed by atoms with Crippen molar-refractivity contribution in [3.63, 3.8) is 0 Å². The Morgan fingerprint density at radius 2 is 2.19 bits per heavy atom. The van der Waals surface area contributed by atoms with Gasteiger partial charge in [0.2, 0.25) is 6.73 Å². The first-order chi connectivity index (χ1) is 10.2. The topological polar surface area (TPSA) is 43.9 Å². The third-order valence-corrected chi connectivity index (χ3v) is 4.74. The summed E-state index contributed by atoms with van der Waals surface area (Å²) in [7, 11) is 0. The van der Waals surface area contributed by atoms with Crippen LogP contribution in [0.2, 0.25) is 5.02 Å². The number of ether oxygens (including phenoxy) is 1. The summed E-state index contributed by atoms with van der Waals surface area (Å²) < 4.78 is 11.4. The summed E-state index contributed by atoms with van der Waals surface area (Å²) in [6, 6.07) is 4.09. The lowest BCUT2D eigenvalue weighted by atomic mass is 10.0. The van der Waals surface area contributed by atoms with Gasteiger partial charge in [0.15, 0.2) is 11.3 Å². The molecule has 4 rings (SSSR count). The SMILES string of the molecule is CCc1cc(=O)oc2c3c(c(Cl)cc12)OC[NH+](C1CC1)C3. The quantitative estimate of drug-likeness (QED) is 0.862. The Morgan fingerprint density at radius 3 is 2.90 bits per heavy atom. The second-order valence-electron chi connectivity index (χ2n) is 5.88. The van der Waals surface area contributed by atoms with Crippen LogP contribution in [0.25, 0.3) is 11.0 Å². The minimum atomic E-state index is -0.303. The number of aryl methyl sites for hydroxylation is 1. The summed E-state index contributed by atoms with van der Waals surface area (Å²) in [5.41, 5.74) is 2.27. The van der Waals surface area contributed by atoms with E-state index in [2.05, 4.69) is 0 Å². The number of hydrogen-bond acceptors (Lipinski definition) is 3. The zero-order valence-electron chi connectivity index (χ0n) is 11.9. The highest BCUT2D eigenvalue weighted by molar-refractivity contribution is 6.33. The average molecular weight is 307 g/mol. The summed E-state index contributed by atoms with van der Waals surface area (Å²) in [6.45, 7) is 3.48. The number of halogens is 1. The van der Waals surface area contributed by atoms with Crippen LogP contribution in [0.1, 0.15) is 30.9 Å². The Morgan fingerprint density at radius 1 is 1.38 bits per heavy atom. The monoisotopic (exact) mass is 306 g/mol. The van der Waals surface area contributed by atoms with Crippen molar-refractivity contribution in [3.05, 3.63) is 38.7 Å². The Labute approximate surface area is 127 Å². The Kier molecular flexibility index (Phi) is 2.98. The second-order valence-corrected chi connectivity index (χ2v) is 6.29. The molecule has 1 aromatic carbocycles. The highest BCUT2D eigenvalue weighted by Gasteiger charge is 2.38. The minimum absolute atomic E-state index is 0.303. The molecule has 2 aliphatic rings. The van der Waals surface area contributed by atoms with Crippen molar-refractivity contribution in [1.29, 1.82) is 0 Å². The molecule has 1 fully saturated rings. The van der Waals surface area contributed by atoms with E-state index in [1.54, 1.807) is 6.07 Å². The van der Waals surface area contributed by atoms with Gasteiger partial charge in [0.25, 0.3) is 0 Å². The van der Waals surface area contributed by atoms with Crippen molar-refractivity contribution in [2.45, 2.75) is 38.8 Å². The number of fused-ring (bicyclic) bond motifs is 3. The van der Waals surface area contributed by atoms with Crippen molar-refractivity contribution in [2.24, 2.45) is 0 Å². The molecule has 2 heterocycles. The molecule has 1 aliphatic heterocycles. The molecule has 4 nitrogen and oxygen atoms in total. The standard InChI is InChI=1S/C16H16ClNO3/c1-2-9-5-14(19)21-15-11(9)6-13(17)16-12(15)7-18(8-20-16)10-3-4-10/h5-6,10H,2-4,7-8H2,1H3/p+1. The van der Waals surface area contributed by atoms with E-state index < -0.39 is 0 Å². The van der Waals surface area contributed by atoms with Crippen molar-refractivity contribution < 1.29 is 14.1 Å². The van der Waals surface area contributed by atoms with Crippen LogP contribution in [0.15, 0.2) is 21.3 Å². The second kappa shape index (κ2) is 4.75. The van der Waals surface area contributed by atoms with E-state index in [1.165, 1.54) is 17.7 Å². The van der Waals surface area contributed by atoms with Crippen LogP contribution in [0.3, 0.4) is 0 Å². The molecule has 1 aromatic heterocycles. The first kappa shape index (κ1) is 13.2. The minimum Gasteiger partial charge on any atom is -0.443 e. The van der Waals surface area contributed by atoms with Crippen molar-refractivity contribution >= 4 is 22.6 Å². The molecule has 0 amide bonds. The summed E-state index contributed by atoms with van der Waals surface area (Å²) in [6.07, 6.45) is 3.27. The van der Waals surface area contributed by atoms with Gasteiger partial charge in [-0.25, -0.2) is 4.79 Å². The summed E-state index contributed by atoms with van der Waals surface area (Å²) in [5, 5.41) is 1.54. The third-order valence-electron chi connectivity index (χ3n) is 4.46. The van der Waals surface area contributed by atoms with Gasteiger partial charge in [-0.05, 0) is 18.1 Å². The molecule has 0 bridgehead atoms. The lowest BCUT2D eigenvalue weighted by Gasteiger charge is -2.27. The molecule has 2 aromatic rings. The van der Waals surface area contributed by atoms with Gasteiger partial charge < -0.3 is 9.15 Å². The number of nitrogens with one attached hydrogen (secondary N) is 1. The summed E-state index contributed by atoms with van der Waals surface area (Å²) in [5.74, 6) is 0.685. The Bertz CT molecular complexity index is 779. The van der Waals surface area contributed by atoms with Crippen LogP contribution in [0, 0.1) is 0 Å². The van der Waals surface area contributed by atoms with E-state index in [9.17, 15) is 4.79 Å². The normalized spacial score (nSPS) is 21.1. The molecule has 21 heavy (non-hydrogen) atoms. The first-order valence-electron chi connectivity index (χ1n) is 7.43. The number of hydrogen-bond donors (Lipinski definition) is 1. The van der Waals surface area contributed by atoms with Gasteiger partial charge in [-0.1, -0.05) is 18.5 Å². The van der Waals surface area contributed by atoms with Crippen LogP contribution in [0.5, 0.6) is 5.75 Å². The molecule has 1 unspecified atom stereocenters. The molecule has 1 atom stereocenters. The van der Waals surface area contributed by atoms with Crippen molar-refractivity contribution in [1.82, 2.24) is 0 Å². The van der Waals surface area contributed by atoms with Gasteiger partial charge in [-0.2, -0.15) is 0 Å². The Hall–Kier alpha value is -1.52.